The Morgan fingerprint density at radius 2 is 1.88 bits per heavy atom. The number of aliphatic imine (C=N–C) groups is 1. The van der Waals surface area contributed by atoms with Crippen LogP contribution in [0.4, 0.5) is 5.69 Å². The summed E-state index contributed by atoms with van der Waals surface area (Å²) in [7, 11) is 1.60. The average molecular weight is 342 g/mol. The summed E-state index contributed by atoms with van der Waals surface area (Å²) < 4.78 is 6.61. The van der Waals surface area contributed by atoms with Gasteiger partial charge in [-0.2, -0.15) is 0 Å². The van der Waals surface area contributed by atoms with Gasteiger partial charge in [-0.05, 0) is 43.3 Å². The van der Waals surface area contributed by atoms with Gasteiger partial charge in [-0.25, -0.2) is 4.68 Å². The number of H-pyrrole nitrogens is 1. The average Bonchev–Trinajstić information content (AvgIpc) is 2.89. The van der Waals surface area contributed by atoms with E-state index in [1.165, 1.54) is 10.9 Å². The summed E-state index contributed by atoms with van der Waals surface area (Å²) in [6.45, 7) is 1.83. The molecule has 1 N–H and O–H groups in total. The van der Waals surface area contributed by atoms with Crippen molar-refractivity contribution in [2.24, 2.45) is 4.99 Å². The molecule has 3 rings (SSSR count). The van der Waals surface area contributed by atoms with E-state index >= 15 is 0 Å². The van der Waals surface area contributed by atoms with Crippen LogP contribution in [0.3, 0.4) is 0 Å². The molecule has 0 unspecified atom stereocenters. The fourth-order valence-corrected chi connectivity index (χ4v) is 2.50. The fraction of sp³-hybridized carbons (Fsp3) is 0.111. The number of methoxy groups -OCH3 is 1. The summed E-state index contributed by atoms with van der Waals surface area (Å²) in [5, 5.41) is 3.60. The van der Waals surface area contributed by atoms with Crippen molar-refractivity contribution in [3.63, 3.8) is 0 Å². The van der Waals surface area contributed by atoms with Crippen LogP contribution in [0.15, 0.2) is 58.3 Å². The van der Waals surface area contributed by atoms with Gasteiger partial charge in [-0.15, -0.1) is 0 Å². The molecule has 0 bridgehead atoms. The van der Waals surface area contributed by atoms with E-state index in [1.54, 1.807) is 31.4 Å². The van der Waals surface area contributed by atoms with Gasteiger partial charge in [0.05, 0.1) is 29.1 Å². The molecule has 2 aromatic carbocycles. The number of benzene rings is 2. The molecule has 0 spiro atoms. The maximum absolute atomic E-state index is 12.6. The van der Waals surface area contributed by atoms with Gasteiger partial charge in [0.25, 0.3) is 5.56 Å². The molecule has 0 aliphatic heterocycles. The molecule has 0 fully saturated rings. The summed E-state index contributed by atoms with van der Waals surface area (Å²) in [6, 6.07) is 14.5. The number of nitrogens with zero attached hydrogens (tertiary/aromatic N) is 2. The minimum Gasteiger partial charge on any atom is -0.497 e. The van der Waals surface area contributed by atoms with E-state index in [0.29, 0.717) is 16.3 Å². The van der Waals surface area contributed by atoms with Crippen LogP contribution in [0.2, 0.25) is 5.02 Å². The third kappa shape index (κ3) is 3.12. The highest BCUT2D eigenvalue weighted by Gasteiger charge is 2.11. The molecule has 0 saturated carbocycles. The highest BCUT2D eigenvalue weighted by Crippen LogP contribution is 2.23. The number of hydrogen-bond donors (Lipinski definition) is 1. The lowest BCUT2D eigenvalue weighted by Gasteiger charge is -2.03. The first-order chi connectivity index (χ1) is 11.6. The Morgan fingerprint density at radius 1 is 1.17 bits per heavy atom. The molecule has 0 saturated heterocycles. The molecule has 3 aromatic rings. The lowest BCUT2D eigenvalue weighted by molar-refractivity contribution is 0.414. The molecule has 0 atom stereocenters. The molecule has 24 heavy (non-hydrogen) atoms. The Labute approximate surface area is 144 Å². The van der Waals surface area contributed by atoms with E-state index < -0.39 is 0 Å². The number of halogens is 1. The van der Waals surface area contributed by atoms with E-state index in [-0.39, 0.29) is 5.56 Å². The molecule has 122 valence electrons. The van der Waals surface area contributed by atoms with Crippen LogP contribution in [0, 0.1) is 6.92 Å². The number of ether oxygens (including phenoxy) is 1. The predicted octanol–water partition coefficient (Wildman–Crippen LogP) is 3.89. The number of para-hydroxylation sites is 1. The van der Waals surface area contributed by atoms with Gasteiger partial charge < -0.3 is 4.74 Å². The van der Waals surface area contributed by atoms with Gasteiger partial charge in [0.15, 0.2) is 0 Å². The van der Waals surface area contributed by atoms with Gasteiger partial charge >= 0.3 is 0 Å². The first-order valence-corrected chi connectivity index (χ1v) is 7.72. The van der Waals surface area contributed by atoms with Crippen LogP contribution in [0.25, 0.3) is 5.69 Å². The first-order valence-electron chi connectivity index (χ1n) is 7.35. The molecule has 6 heteroatoms. The standard InChI is InChI=1S/C18H16ClN3O2/c1-12-15(11-20-17-6-4-3-5-16(17)19)18(23)22(21-12)13-7-9-14(24-2)10-8-13/h3-11,21H,1-2H3. The second-order valence-corrected chi connectivity index (χ2v) is 5.61. The minimum atomic E-state index is -0.173. The number of nitrogens with one attached hydrogen (secondary N) is 1. The molecule has 0 aliphatic carbocycles. The van der Waals surface area contributed by atoms with E-state index in [9.17, 15) is 4.79 Å². The van der Waals surface area contributed by atoms with Gasteiger partial charge in [-0.1, -0.05) is 23.7 Å². The maximum atomic E-state index is 12.6. The summed E-state index contributed by atoms with van der Waals surface area (Å²) in [6.07, 6.45) is 1.54. The lowest BCUT2D eigenvalue weighted by atomic mass is 10.2. The lowest BCUT2D eigenvalue weighted by Crippen LogP contribution is -2.17. The van der Waals surface area contributed by atoms with Crippen LogP contribution >= 0.6 is 11.6 Å². The summed E-state index contributed by atoms with van der Waals surface area (Å²) in [4.78, 5) is 16.9. The highest BCUT2D eigenvalue weighted by atomic mass is 35.5. The fourth-order valence-electron chi connectivity index (χ4n) is 2.32. The topological polar surface area (TPSA) is 59.4 Å². The van der Waals surface area contributed by atoms with Gasteiger partial charge in [-0.3, -0.25) is 14.9 Å². The third-order valence-corrected chi connectivity index (χ3v) is 3.95. The highest BCUT2D eigenvalue weighted by molar-refractivity contribution is 6.33. The number of hydrogen-bond acceptors (Lipinski definition) is 3. The summed E-state index contributed by atoms with van der Waals surface area (Å²) in [5.41, 5.74) is 2.39. The monoisotopic (exact) mass is 341 g/mol. The van der Waals surface area contributed by atoms with Crippen molar-refractivity contribution < 1.29 is 4.74 Å². The molecular formula is C18H16ClN3O2. The van der Waals surface area contributed by atoms with Crippen molar-refractivity contribution in [1.29, 1.82) is 0 Å². The van der Waals surface area contributed by atoms with Gasteiger partial charge in [0, 0.05) is 11.9 Å². The van der Waals surface area contributed by atoms with Crippen molar-refractivity contribution in [1.82, 2.24) is 9.78 Å². The number of rotatable bonds is 4. The van der Waals surface area contributed by atoms with Crippen LogP contribution in [0.5, 0.6) is 5.75 Å². The number of aromatic amines is 1. The van der Waals surface area contributed by atoms with Crippen molar-refractivity contribution >= 4 is 23.5 Å². The zero-order valence-electron chi connectivity index (χ0n) is 13.3. The normalized spacial score (nSPS) is 11.1. The first kappa shape index (κ1) is 16.1. The second kappa shape index (κ2) is 6.76. The Morgan fingerprint density at radius 3 is 2.54 bits per heavy atom. The van der Waals surface area contributed by atoms with E-state index in [4.69, 9.17) is 16.3 Å². The Hall–Kier alpha value is -2.79. The quantitative estimate of drug-likeness (QED) is 0.732. The Kier molecular flexibility index (Phi) is 4.53. The zero-order valence-corrected chi connectivity index (χ0v) is 14.0. The predicted molar refractivity (Wildman–Crippen MR) is 96.4 cm³/mol. The maximum Gasteiger partial charge on any atom is 0.280 e. The second-order valence-electron chi connectivity index (χ2n) is 5.20. The Balaban J connectivity index is 1.97. The SMILES string of the molecule is COc1ccc(-n2[nH]c(C)c(C=Nc3ccccc3Cl)c2=O)cc1. The van der Waals surface area contributed by atoms with Gasteiger partial charge in [0.1, 0.15) is 5.75 Å². The molecule has 5 nitrogen and oxygen atoms in total. The number of aromatic nitrogens is 2. The van der Waals surface area contributed by atoms with E-state index in [1.807, 2.05) is 31.2 Å². The largest absolute Gasteiger partial charge is 0.497 e. The van der Waals surface area contributed by atoms with E-state index in [0.717, 1.165) is 17.1 Å². The van der Waals surface area contributed by atoms with Gasteiger partial charge in [0.2, 0.25) is 0 Å². The zero-order chi connectivity index (χ0) is 17.1. The molecule has 1 aromatic heterocycles. The van der Waals surface area contributed by atoms with Crippen LogP contribution < -0.4 is 10.3 Å². The van der Waals surface area contributed by atoms with Crippen molar-refractivity contribution in [3.05, 3.63) is 75.2 Å². The van der Waals surface area contributed by atoms with Crippen LogP contribution in [-0.4, -0.2) is 23.1 Å². The molecule has 1 heterocycles. The molecule has 0 radical (unpaired) electrons. The number of aryl methyl sites for hydroxylation is 1. The molecule has 0 amide bonds. The van der Waals surface area contributed by atoms with E-state index in [2.05, 4.69) is 10.1 Å². The molecule has 0 aliphatic rings. The Bertz CT molecular complexity index is 940. The summed E-state index contributed by atoms with van der Waals surface area (Å²) in [5.74, 6) is 0.732. The van der Waals surface area contributed by atoms with Crippen LogP contribution in [-0.2, 0) is 0 Å². The van der Waals surface area contributed by atoms with Crippen molar-refractivity contribution in [3.8, 4) is 11.4 Å². The van der Waals surface area contributed by atoms with Crippen molar-refractivity contribution in [2.75, 3.05) is 7.11 Å². The molecular weight excluding hydrogens is 326 g/mol. The van der Waals surface area contributed by atoms with Crippen LogP contribution in [0.1, 0.15) is 11.3 Å². The minimum absolute atomic E-state index is 0.173. The summed E-state index contributed by atoms with van der Waals surface area (Å²) >= 11 is 6.08. The smallest absolute Gasteiger partial charge is 0.280 e. The third-order valence-electron chi connectivity index (χ3n) is 3.63. The van der Waals surface area contributed by atoms with Crippen molar-refractivity contribution in [2.45, 2.75) is 6.92 Å².